The number of nitrogens with one attached hydrogen (secondary N) is 2. The van der Waals surface area contributed by atoms with Gasteiger partial charge in [-0.2, -0.15) is 0 Å². The number of aliphatic carboxylic acids is 2. The van der Waals surface area contributed by atoms with Crippen molar-refractivity contribution in [1.29, 1.82) is 0 Å². The van der Waals surface area contributed by atoms with Crippen LogP contribution < -0.4 is 10.6 Å². The van der Waals surface area contributed by atoms with E-state index in [1.807, 2.05) is 27.7 Å². The Bertz CT molecular complexity index is 1240. The molecule has 2 saturated carbocycles. The van der Waals surface area contributed by atoms with Crippen molar-refractivity contribution in [2.45, 2.75) is 128 Å². The van der Waals surface area contributed by atoms with Crippen LogP contribution in [-0.4, -0.2) is 69.2 Å². The van der Waals surface area contributed by atoms with E-state index >= 15 is 0 Å². The standard InChI is InChI=1S/2C15H23NO4.C4H4O4/c2*1-8-4-5-11-9(2)12(17)16-13-15(11)10(8)6-7-14(3,18-13)19-20-15;5-3(6)1-2-4(7)8/h2*8-11,13H,4-7H2,1-3H3,(H,16,17);1-2H,(H,5,6)(H,7,8)/b;;2-1-/t2*8-,9-,10+,11+,13-,14-,15-;/m11./s1. The molecule has 2 spiro atoms. The lowest BCUT2D eigenvalue weighted by molar-refractivity contribution is -0.538. The molecule has 8 heterocycles. The number of ether oxygens (including phenoxy) is 2. The van der Waals surface area contributed by atoms with Gasteiger partial charge in [0.15, 0.2) is 23.7 Å². The first-order chi connectivity index (χ1) is 22.5. The maximum Gasteiger partial charge on any atom is 0.328 e. The van der Waals surface area contributed by atoms with E-state index < -0.39 is 34.7 Å². The molecule has 4 N–H and O–H groups in total. The van der Waals surface area contributed by atoms with Crippen LogP contribution in [0.1, 0.15) is 92.9 Å². The molecule has 268 valence electrons. The molecule has 14 heteroatoms. The van der Waals surface area contributed by atoms with Crippen molar-refractivity contribution >= 4 is 23.8 Å². The summed E-state index contributed by atoms with van der Waals surface area (Å²) in [6.07, 6.45) is 8.40. The Morgan fingerprint density at radius 1 is 0.625 bits per heavy atom. The van der Waals surface area contributed by atoms with Gasteiger partial charge >= 0.3 is 11.9 Å². The van der Waals surface area contributed by atoms with Gasteiger partial charge in [-0.15, -0.1) is 0 Å². The van der Waals surface area contributed by atoms with Crippen LogP contribution in [0.3, 0.4) is 0 Å². The van der Waals surface area contributed by atoms with E-state index in [0.717, 1.165) is 51.4 Å². The van der Waals surface area contributed by atoms with Gasteiger partial charge in [0.1, 0.15) is 0 Å². The molecule has 0 aromatic rings. The molecule has 14 nitrogen and oxygen atoms in total. The number of carboxylic acids is 2. The summed E-state index contributed by atoms with van der Waals surface area (Å²) in [5.74, 6) is -1.61. The molecule has 48 heavy (non-hydrogen) atoms. The second-order valence-corrected chi connectivity index (χ2v) is 15.5. The molecular weight excluding hydrogens is 628 g/mol. The van der Waals surface area contributed by atoms with Crippen molar-refractivity contribution in [3.8, 4) is 0 Å². The Morgan fingerprint density at radius 3 is 1.35 bits per heavy atom. The molecule has 8 aliphatic heterocycles. The number of carbonyl (C=O) groups is 4. The van der Waals surface area contributed by atoms with Gasteiger partial charge < -0.3 is 30.3 Å². The highest BCUT2D eigenvalue weighted by molar-refractivity contribution is 5.89. The van der Waals surface area contributed by atoms with Gasteiger partial charge in [0, 0.05) is 48.7 Å². The van der Waals surface area contributed by atoms with Crippen LogP contribution in [0.5, 0.6) is 0 Å². The van der Waals surface area contributed by atoms with E-state index in [4.69, 9.17) is 39.2 Å². The molecule has 2 aliphatic carbocycles. The van der Waals surface area contributed by atoms with Crippen molar-refractivity contribution < 1.29 is 58.4 Å². The zero-order valence-electron chi connectivity index (χ0n) is 28.6. The molecule has 10 aliphatic rings. The maximum absolute atomic E-state index is 12.2. The first-order valence-corrected chi connectivity index (χ1v) is 17.4. The second-order valence-electron chi connectivity index (χ2n) is 15.5. The Morgan fingerprint density at radius 2 is 1.00 bits per heavy atom. The highest BCUT2D eigenvalue weighted by Gasteiger charge is 2.70. The molecule has 4 bridgehead atoms. The number of carbonyl (C=O) groups excluding carboxylic acids is 2. The molecule has 2 amide bonds. The SMILES string of the molecule is C[C@@H]1CC[C@H]2[C@@H](C)C(=O)N[C@@H]3O[C@@]4(C)CC[C@@H]1[C@]32OO4.C[C@@H]1CC[C@H]2[C@@H](C)C(=O)N[C@@H]3O[C@@]4(C)CC[C@@H]1[C@]32OO4.O=C(O)/C=C\C(=O)O. The number of hydrogen-bond acceptors (Lipinski definition) is 10. The summed E-state index contributed by atoms with van der Waals surface area (Å²) < 4.78 is 12.2. The monoisotopic (exact) mass is 678 g/mol. The van der Waals surface area contributed by atoms with Gasteiger partial charge in [-0.05, 0) is 76.0 Å². The fourth-order valence-corrected chi connectivity index (χ4v) is 9.98. The predicted octanol–water partition coefficient (Wildman–Crippen LogP) is 3.65. The molecule has 0 radical (unpaired) electrons. The molecule has 10 rings (SSSR count). The van der Waals surface area contributed by atoms with Gasteiger partial charge in [-0.3, -0.25) is 9.59 Å². The lowest BCUT2D eigenvalue weighted by atomic mass is 9.57. The van der Waals surface area contributed by atoms with E-state index in [2.05, 4.69) is 24.5 Å². The summed E-state index contributed by atoms with van der Waals surface area (Å²) in [7, 11) is 0. The molecule has 0 aromatic carbocycles. The first kappa shape index (κ1) is 35.2. The minimum absolute atomic E-state index is 0.0455. The second kappa shape index (κ2) is 12.6. The van der Waals surface area contributed by atoms with Crippen molar-refractivity contribution in [1.82, 2.24) is 10.6 Å². The van der Waals surface area contributed by atoms with Crippen molar-refractivity contribution in [3.05, 3.63) is 12.2 Å². The minimum atomic E-state index is -1.26. The van der Waals surface area contributed by atoms with Crippen LogP contribution >= 0.6 is 0 Å². The van der Waals surface area contributed by atoms with Gasteiger partial charge in [0.2, 0.25) is 23.4 Å². The summed E-state index contributed by atoms with van der Waals surface area (Å²) in [6, 6.07) is 0. The van der Waals surface area contributed by atoms with Crippen LogP contribution in [-0.2, 0) is 48.2 Å². The van der Waals surface area contributed by atoms with E-state index in [0.29, 0.717) is 35.8 Å². The molecular formula is C34H50N2O12. The Balaban J connectivity index is 0.000000138. The highest BCUT2D eigenvalue weighted by Crippen LogP contribution is 2.60. The molecule has 8 saturated heterocycles. The molecule has 0 unspecified atom stereocenters. The summed E-state index contributed by atoms with van der Waals surface area (Å²) in [5, 5.41) is 21.7. The van der Waals surface area contributed by atoms with Crippen LogP contribution in [0.25, 0.3) is 0 Å². The van der Waals surface area contributed by atoms with Crippen LogP contribution in [0.4, 0.5) is 0 Å². The van der Waals surface area contributed by atoms with Gasteiger partial charge in [-0.25, -0.2) is 29.1 Å². The number of amides is 2. The predicted molar refractivity (Wildman–Crippen MR) is 165 cm³/mol. The summed E-state index contributed by atoms with van der Waals surface area (Å²) in [5.41, 5.74) is -0.998. The fraction of sp³-hybridized carbons (Fsp3) is 0.824. The van der Waals surface area contributed by atoms with E-state index in [9.17, 15) is 19.2 Å². The molecule has 14 atom stereocenters. The molecule has 10 fully saturated rings. The smallest absolute Gasteiger partial charge is 0.328 e. The third-order valence-electron chi connectivity index (χ3n) is 12.6. The zero-order chi connectivity index (χ0) is 34.8. The Kier molecular flexibility index (Phi) is 9.25. The van der Waals surface area contributed by atoms with Crippen LogP contribution in [0.2, 0.25) is 0 Å². The van der Waals surface area contributed by atoms with Crippen LogP contribution in [0, 0.1) is 47.3 Å². The highest BCUT2D eigenvalue weighted by atomic mass is 17.3. The van der Waals surface area contributed by atoms with Crippen molar-refractivity contribution in [3.63, 3.8) is 0 Å². The summed E-state index contributed by atoms with van der Waals surface area (Å²) in [4.78, 5) is 66.9. The number of piperidine rings is 2. The van der Waals surface area contributed by atoms with E-state index in [1.54, 1.807) is 0 Å². The number of carboxylic acid groups (broad SMARTS) is 2. The normalized spacial score (nSPS) is 49.7. The summed E-state index contributed by atoms with van der Waals surface area (Å²) >= 11 is 0. The van der Waals surface area contributed by atoms with Gasteiger partial charge in [0.05, 0.1) is 0 Å². The van der Waals surface area contributed by atoms with Gasteiger partial charge in [0.25, 0.3) is 0 Å². The number of hydrogen-bond donors (Lipinski definition) is 4. The first-order valence-electron chi connectivity index (χ1n) is 17.4. The minimum Gasteiger partial charge on any atom is -0.478 e. The Hall–Kier alpha value is -2.62. The third-order valence-corrected chi connectivity index (χ3v) is 12.6. The zero-order valence-corrected chi connectivity index (χ0v) is 28.6. The van der Waals surface area contributed by atoms with E-state index in [-0.39, 0.29) is 47.9 Å². The quantitative estimate of drug-likeness (QED) is 0.246. The average Bonchev–Trinajstić information content (AvgIpc) is 3.40. The Labute approximate surface area is 280 Å². The van der Waals surface area contributed by atoms with Crippen LogP contribution in [0.15, 0.2) is 12.2 Å². The fourth-order valence-electron chi connectivity index (χ4n) is 9.98. The lowest BCUT2D eigenvalue weighted by Gasteiger charge is -2.58. The lowest BCUT2D eigenvalue weighted by Crippen LogP contribution is -2.74. The van der Waals surface area contributed by atoms with E-state index in [1.165, 1.54) is 0 Å². The maximum atomic E-state index is 12.2. The van der Waals surface area contributed by atoms with Gasteiger partial charge in [-0.1, -0.05) is 27.7 Å². The van der Waals surface area contributed by atoms with Crippen molar-refractivity contribution in [2.24, 2.45) is 47.3 Å². The number of rotatable bonds is 2. The molecule has 0 aromatic heterocycles. The third kappa shape index (κ3) is 5.75. The van der Waals surface area contributed by atoms with Crippen molar-refractivity contribution in [2.75, 3.05) is 0 Å². The average molecular weight is 679 g/mol. The largest absolute Gasteiger partial charge is 0.478 e. The topological polar surface area (TPSA) is 188 Å². The number of fused-ring (bicyclic) bond motifs is 4. The summed E-state index contributed by atoms with van der Waals surface area (Å²) in [6.45, 7) is 12.4.